The van der Waals surface area contributed by atoms with E-state index in [1.807, 2.05) is 24.3 Å². The van der Waals surface area contributed by atoms with E-state index >= 15 is 0 Å². The standard InChI is InChI=1S/C17H20N2O4/c1-11(20)12-2-4-13(5-3-12)18-6-8-19(9-7-18)16(21)14-10-15(14)17(22)23/h2-5,14-15H,6-10H2,1H3,(H,22,23). The molecule has 23 heavy (non-hydrogen) atoms. The first-order valence-corrected chi connectivity index (χ1v) is 7.85. The molecule has 0 radical (unpaired) electrons. The van der Waals surface area contributed by atoms with Crippen LogP contribution in [-0.2, 0) is 9.59 Å². The number of anilines is 1. The number of hydrogen-bond donors (Lipinski definition) is 1. The highest BCUT2D eigenvalue weighted by Gasteiger charge is 2.50. The van der Waals surface area contributed by atoms with Crippen LogP contribution in [0.5, 0.6) is 0 Å². The summed E-state index contributed by atoms with van der Waals surface area (Å²) in [4.78, 5) is 38.4. The van der Waals surface area contributed by atoms with Gasteiger partial charge in [-0.25, -0.2) is 0 Å². The minimum absolute atomic E-state index is 0.0241. The van der Waals surface area contributed by atoms with Crippen LogP contribution >= 0.6 is 0 Å². The molecule has 1 N–H and O–H groups in total. The zero-order chi connectivity index (χ0) is 16.6. The Morgan fingerprint density at radius 3 is 2.09 bits per heavy atom. The van der Waals surface area contributed by atoms with Crippen LogP contribution in [0.25, 0.3) is 0 Å². The molecule has 1 aromatic carbocycles. The number of benzene rings is 1. The normalized spacial score (nSPS) is 23.5. The van der Waals surface area contributed by atoms with E-state index in [-0.39, 0.29) is 17.6 Å². The second kappa shape index (κ2) is 6.02. The molecule has 0 aromatic heterocycles. The lowest BCUT2D eigenvalue weighted by Gasteiger charge is -2.36. The van der Waals surface area contributed by atoms with Gasteiger partial charge in [0, 0.05) is 37.4 Å². The van der Waals surface area contributed by atoms with E-state index < -0.39 is 11.9 Å². The minimum Gasteiger partial charge on any atom is -0.481 e. The fraction of sp³-hybridized carbons (Fsp3) is 0.471. The lowest BCUT2D eigenvalue weighted by atomic mass is 10.1. The van der Waals surface area contributed by atoms with Gasteiger partial charge in [-0.15, -0.1) is 0 Å². The van der Waals surface area contributed by atoms with Crippen molar-refractivity contribution in [3.63, 3.8) is 0 Å². The van der Waals surface area contributed by atoms with Gasteiger partial charge in [0.15, 0.2) is 5.78 Å². The van der Waals surface area contributed by atoms with E-state index in [0.29, 0.717) is 25.1 Å². The maximum atomic E-state index is 12.2. The average Bonchev–Trinajstić information content (AvgIpc) is 3.35. The molecule has 6 nitrogen and oxygen atoms in total. The lowest BCUT2D eigenvalue weighted by Crippen LogP contribution is -2.49. The molecular formula is C17H20N2O4. The third kappa shape index (κ3) is 3.21. The number of carboxylic acids is 1. The van der Waals surface area contributed by atoms with Crippen molar-refractivity contribution in [1.29, 1.82) is 0 Å². The molecule has 2 unspecified atom stereocenters. The molecule has 122 valence electrons. The number of carbonyl (C=O) groups excluding carboxylic acids is 2. The lowest BCUT2D eigenvalue weighted by molar-refractivity contribution is -0.142. The quantitative estimate of drug-likeness (QED) is 0.846. The van der Waals surface area contributed by atoms with Crippen molar-refractivity contribution in [2.45, 2.75) is 13.3 Å². The molecule has 1 saturated carbocycles. The van der Waals surface area contributed by atoms with Gasteiger partial charge in [-0.2, -0.15) is 0 Å². The fourth-order valence-electron chi connectivity index (χ4n) is 3.07. The van der Waals surface area contributed by atoms with Crippen molar-refractivity contribution in [2.24, 2.45) is 11.8 Å². The number of hydrogen-bond acceptors (Lipinski definition) is 4. The summed E-state index contributed by atoms with van der Waals surface area (Å²) in [7, 11) is 0. The maximum Gasteiger partial charge on any atom is 0.307 e. The Kier molecular flexibility index (Phi) is 4.07. The Bertz CT molecular complexity index is 632. The molecule has 1 heterocycles. The summed E-state index contributed by atoms with van der Waals surface area (Å²) in [5.41, 5.74) is 1.73. The summed E-state index contributed by atoms with van der Waals surface area (Å²) in [5.74, 6) is -1.66. The van der Waals surface area contributed by atoms with Crippen molar-refractivity contribution < 1.29 is 19.5 Å². The molecule has 0 bridgehead atoms. The number of carboxylic acid groups (broad SMARTS) is 1. The Morgan fingerprint density at radius 1 is 1.00 bits per heavy atom. The number of rotatable bonds is 4. The Labute approximate surface area is 134 Å². The summed E-state index contributed by atoms with van der Waals surface area (Å²) >= 11 is 0. The molecule has 1 aromatic rings. The van der Waals surface area contributed by atoms with Crippen molar-refractivity contribution in [2.75, 3.05) is 31.1 Å². The van der Waals surface area contributed by atoms with E-state index in [1.54, 1.807) is 11.8 Å². The van der Waals surface area contributed by atoms with Gasteiger partial charge in [0.05, 0.1) is 11.8 Å². The number of aliphatic carboxylic acids is 1. The van der Waals surface area contributed by atoms with E-state index in [0.717, 1.165) is 18.8 Å². The highest BCUT2D eigenvalue weighted by molar-refractivity contribution is 5.94. The van der Waals surface area contributed by atoms with Crippen molar-refractivity contribution in [1.82, 2.24) is 4.90 Å². The minimum atomic E-state index is -0.868. The zero-order valence-corrected chi connectivity index (χ0v) is 13.1. The molecule has 2 atom stereocenters. The Balaban J connectivity index is 1.55. The van der Waals surface area contributed by atoms with E-state index in [4.69, 9.17) is 5.11 Å². The first-order valence-electron chi connectivity index (χ1n) is 7.85. The highest BCUT2D eigenvalue weighted by atomic mass is 16.4. The van der Waals surface area contributed by atoms with Gasteiger partial charge in [-0.05, 0) is 37.6 Å². The van der Waals surface area contributed by atoms with E-state index in [9.17, 15) is 14.4 Å². The van der Waals surface area contributed by atoms with Gasteiger partial charge in [0.2, 0.25) is 5.91 Å². The molecule has 2 fully saturated rings. The van der Waals surface area contributed by atoms with Crippen LogP contribution in [0, 0.1) is 11.8 Å². The first-order chi connectivity index (χ1) is 11.0. The molecule has 0 spiro atoms. The fourth-order valence-corrected chi connectivity index (χ4v) is 3.07. The van der Waals surface area contributed by atoms with Crippen LogP contribution in [0.1, 0.15) is 23.7 Å². The third-order valence-corrected chi connectivity index (χ3v) is 4.66. The van der Waals surface area contributed by atoms with E-state index in [1.165, 1.54) is 0 Å². The predicted octanol–water partition coefficient (Wildman–Crippen LogP) is 1.26. The van der Waals surface area contributed by atoms with Crippen LogP contribution < -0.4 is 4.90 Å². The van der Waals surface area contributed by atoms with Crippen LogP contribution in [0.15, 0.2) is 24.3 Å². The zero-order valence-electron chi connectivity index (χ0n) is 13.1. The van der Waals surface area contributed by atoms with Gasteiger partial charge < -0.3 is 14.9 Å². The van der Waals surface area contributed by atoms with Crippen molar-refractivity contribution in [3.05, 3.63) is 29.8 Å². The Hall–Kier alpha value is -2.37. The van der Waals surface area contributed by atoms with Gasteiger partial charge in [0.1, 0.15) is 0 Å². The SMILES string of the molecule is CC(=O)c1ccc(N2CCN(C(=O)C3CC3C(=O)O)CC2)cc1. The molecule has 6 heteroatoms. The number of amides is 1. The number of nitrogens with zero attached hydrogens (tertiary/aromatic N) is 2. The third-order valence-electron chi connectivity index (χ3n) is 4.66. The number of Topliss-reactive ketones (excluding diaryl/α,β-unsaturated/α-hetero) is 1. The average molecular weight is 316 g/mol. The van der Waals surface area contributed by atoms with Gasteiger partial charge in [-0.1, -0.05) is 0 Å². The van der Waals surface area contributed by atoms with Crippen LogP contribution in [0.3, 0.4) is 0 Å². The summed E-state index contributed by atoms with van der Waals surface area (Å²) < 4.78 is 0. The van der Waals surface area contributed by atoms with E-state index in [2.05, 4.69) is 4.90 Å². The summed E-state index contributed by atoms with van der Waals surface area (Å²) in [5, 5.41) is 8.92. The predicted molar refractivity (Wildman–Crippen MR) is 84.5 cm³/mol. The first kappa shape index (κ1) is 15.5. The summed E-state index contributed by atoms with van der Waals surface area (Å²) in [6.45, 7) is 4.19. The van der Waals surface area contributed by atoms with Gasteiger partial charge >= 0.3 is 5.97 Å². The number of piperazine rings is 1. The molecule has 1 amide bonds. The van der Waals surface area contributed by atoms with Crippen molar-refractivity contribution in [3.8, 4) is 0 Å². The molecule has 2 aliphatic rings. The van der Waals surface area contributed by atoms with Gasteiger partial charge in [-0.3, -0.25) is 14.4 Å². The molecule has 1 saturated heterocycles. The van der Waals surface area contributed by atoms with Crippen molar-refractivity contribution >= 4 is 23.3 Å². The second-order valence-electron chi connectivity index (χ2n) is 6.20. The number of ketones is 1. The molecule has 1 aliphatic carbocycles. The summed E-state index contributed by atoms with van der Waals surface area (Å²) in [6.07, 6.45) is 0.473. The largest absolute Gasteiger partial charge is 0.481 e. The highest BCUT2D eigenvalue weighted by Crippen LogP contribution is 2.40. The molecular weight excluding hydrogens is 296 g/mol. The molecule has 1 aliphatic heterocycles. The maximum absolute atomic E-state index is 12.2. The summed E-state index contributed by atoms with van der Waals surface area (Å²) in [6, 6.07) is 7.48. The van der Waals surface area contributed by atoms with Gasteiger partial charge in [0.25, 0.3) is 0 Å². The number of carbonyl (C=O) groups is 3. The monoisotopic (exact) mass is 316 g/mol. The van der Waals surface area contributed by atoms with Crippen LogP contribution in [-0.4, -0.2) is 53.8 Å². The van der Waals surface area contributed by atoms with Crippen LogP contribution in [0.2, 0.25) is 0 Å². The molecule has 3 rings (SSSR count). The second-order valence-corrected chi connectivity index (χ2v) is 6.20. The Morgan fingerprint density at radius 2 is 1.61 bits per heavy atom. The smallest absolute Gasteiger partial charge is 0.307 e. The van der Waals surface area contributed by atoms with Crippen LogP contribution in [0.4, 0.5) is 5.69 Å². The topological polar surface area (TPSA) is 77.9 Å².